The van der Waals surface area contributed by atoms with Crippen molar-refractivity contribution in [2.24, 2.45) is 0 Å². The summed E-state index contributed by atoms with van der Waals surface area (Å²) >= 11 is 3.48. The third-order valence-corrected chi connectivity index (χ3v) is 5.76. The number of pyridine rings is 1. The van der Waals surface area contributed by atoms with Gasteiger partial charge in [0, 0.05) is 28.5 Å². The summed E-state index contributed by atoms with van der Waals surface area (Å²) < 4.78 is 1.03. The van der Waals surface area contributed by atoms with Crippen LogP contribution in [0.15, 0.2) is 53.0 Å². The first-order valence-corrected chi connectivity index (χ1v) is 10.4. The van der Waals surface area contributed by atoms with Crippen LogP contribution in [0.1, 0.15) is 41.6 Å². The number of aryl methyl sites for hydroxylation is 1. The molecule has 1 aromatic heterocycles. The van der Waals surface area contributed by atoms with Crippen LogP contribution < -0.4 is 0 Å². The average molecular weight is 423 g/mol. The van der Waals surface area contributed by atoms with Crippen LogP contribution in [-0.4, -0.2) is 28.9 Å². The number of amides is 1. The summed E-state index contributed by atoms with van der Waals surface area (Å²) in [6.07, 6.45) is 4.61. The first-order chi connectivity index (χ1) is 13.1. The summed E-state index contributed by atoms with van der Waals surface area (Å²) in [6, 6.07) is 16.2. The molecule has 1 fully saturated rings. The van der Waals surface area contributed by atoms with E-state index in [4.69, 9.17) is 4.98 Å². The largest absolute Gasteiger partial charge is 0.339 e. The Kier molecular flexibility index (Phi) is 5.26. The van der Waals surface area contributed by atoms with E-state index in [1.807, 2.05) is 41.3 Å². The second-order valence-electron chi connectivity index (χ2n) is 7.29. The van der Waals surface area contributed by atoms with E-state index in [9.17, 15) is 4.79 Å². The van der Waals surface area contributed by atoms with Gasteiger partial charge < -0.3 is 4.90 Å². The second-order valence-corrected chi connectivity index (χ2v) is 8.20. The molecule has 0 radical (unpaired) electrons. The van der Waals surface area contributed by atoms with Crippen LogP contribution in [0.25, 0.3) is 22.2 Å². The van der Waals surface area contributed by atoms with E-state index in [1.54, 1.807) is 0 Å². The molecule has 0 unspecified atom stereocenters. The summed E-state index contributed by atoms with van der Waals surface area (Å²) in [5, 5.41) is 0.949. The molecule has 3 aromatic rings. The van der Waals surface area contributed by atoms with Crippen molar-refractivity contribution >= 4 is 32.7 Å². The quantitative estimate of drug-likeness (QED) is 0.507. The predicted molar refractivity (Wildman–Crippen MR) is 114 cm³/mol. The maximum absolute atomic E-state index is 13.4. The van der Waals surface area contributed by atoms with Gasteiger partial charge in [0.2, 0.25) is 0 Å². The zero-order valence-electron chi connectivity index (χ0n) is 15.5. The number of nitrogens with zero attached hydrogens (tertiary/aromatic N) is 2. The van der Waals surface area contributed by atoms with Gasteiger partial charge in [0.25, 0.3) is 5.91 Å². The monoisotopic (exact) mass is 422 g/mol. The maximum atomic E-state index is 13.4. The molecule has 0 bridgehead atoms. The molecule has 0 atom stereocenters. The molecule has 0 aliphatic carbocycles. The van der Waals surface area contributed by atoms with Gasteiger partial charge in [0.05, 0.1) is 16.8 Å². The van der Waals surface area contributed by atoms with Crippen LogP contribution in [0, 0.1) is 6.92 Å². The Labute approximate surface area is 168 Å². The standard InChI is InChI=1S/C23H23BrN2O/c1-16-6-11-21-19(14-16)20(23(27)26-12-4-2-3-5-13-26)15-22(25-21)17-7-9-18(24)10-8-17/h6-11,14-15H,2-5,12-13H2,1H3. The summed E-state index contributed by atoms with van der Waals surface area (Å²) in [6.45, 7) is 3.76. The lowest BCUT2D eigenvalue weighted by Gasteiger charge is -2.21. The summed E-state index contributed by atoms with van der Waals surface area (Å²) in [7, 11) is 0. The van der Waals surface area contributed by atoms with Crippen molar-refractivity contribution in [2.45, 2.75) is 32.6 Å². The van der Waals surface area contributed by atoms with Crippen LogP contribution in [0.2, 0.25) is 0 Å². The highest BCUT2D eigenvalue weighted by molar-refractivity contribution is 9.10. The van der Waals surface area contributed by atoms with Gasteiger partial charge in [-0.2, -0.15) is 0 Å². The average Bonchev–Trinajstić information content (AvgIpc) is 2.97. The van der Waals surface area contributed by atoms with Gasteiger partial charge in [-0.15, -0.1) is 0 Å². The number of hydrogen-bond donors (Lipinski definition) is 0. The normalized spacial score (nSPS) is 15.0. The number of fused-ring (bicyclic) bond motifs is 1. The van der Waals surface area contributed by atoms with E-state index < -0.39 is 0 Å². The second kappa shape index (κ2) is 7.81. The van der Waals surface area contributed by atoms with Gasteiger partial charge >= 0.3 is 0 Å². The number of likely N-dealkylation sites (tertiary alicyclic amines) is 1. The van der Waals surface area contributed by atoms with Crippen molar-refractivity contribution in [3.63, 3.8) is 0 Å². The van der Waals surface area contributed by atoms with Crippen LogP contribution >= 0.6 is 15.9 Å². The van der Waals surface area contributed by atoms with Gasteiger partial charge in [-0.05, 0) is 50.1 Å². The van der Waals surface area contributed by atoms with E-state index in [0.29, 0.717) is 0 Å². The van der Waals surface area contributed by atoms with Crippen molar-refractivity contribution in [1.82, 2.24) is 9.88 Å². The van der Waals surface area contributed by atoms with E-state index >= 15 is 0 Å². The fourth-order valence-electron chi connectivity index (χ4n) is 3.73. The molecule has 1 aliphatic rings. The van der Waals surface area contributed by atoms with E-state index in [0.717, 1.165) is 63.7 Å². The first-order valence-electron chi connectivity index (χ1n) is 9.58. The van der Waals surface area contributed by atoms with E-state index in [2.05, 4.69) is 35.0 Å². The topological polar surface area (TPSA) is 33.2 Å². The highest BCUT2D eigenvalue weighted by Gasteiger charge is 2.21. The smallest absolute Gasteiger partial charge is 0.254 e. The number of benzene rings is 2. The Morgan fingerprint density at radius 1 is 0.963 bits per heavy atom. The Morgan fingerprint density at radius 2 is 1.67 bits per heavy atom. The SMILES string of the molecule is Cc1ccc2nc(-c3ccc(Br)cc3)cc(C(=O)N3CCCCCC3)c2c1. The van der Waals surface area contributed by atoms with Crippen molar-refractivity contribution in [2.75, 3.05) is 13.1 Å². The van der Waals surface area contributed by atoms with Crippen molar-refractivity contribution in [3.8, 4) is 11.3 Å². The van der Waals surface area contributed by atoms with Crippen LogP contribution in [0.3, 0.4) is 0 Å². The highest BCUT2D eigenvalue weighted by atomic mass is 79.9. The summed E-state index contributed by atoms with van der Waals surface area (Å²) in [4.78, 5) is 20.3. The molecule has 2 heterocycles. The van der Waals surface area contributed by atoms with Crippen LogP contribution in [0.4, 0.5) is 0 Å². The molecule has 0 saturated carbocycles. The van der Waals surface area contributed by atoms with Gasteiger partial charge in [0.1, 0.15) is 0 Å². The lowest BCUT2D eigenvalue weighted by Crippen LogP contribution is -2.32. The zero-order chi connectivity index (χ0) is 18.8. The van der Waals surface area contributed by atoms with Gasteiger partial charge in [-0.25, -0.2) is 4.98 Å². The minimum Gasteiger partial charge on any atom is -0.339 e. The number of carbonyl (C=O) groups excluding carboxylic acids is 1. The maximum Gasteiger partial charge on any atom is 0.254 e. The van der Waals surface area contributed by atoms with Crippen molar-refractivity contribution in [3.05, 3.63) is 64.1 Å². The summed E-state index contributed by atoms with van der Waals surface area (Å²) in [5.74, 6) is 0.133. The number of hydrogen-bond acceptors (Lipinski definition) is 2. The molecule has 138 valence electrons. The van der Waals surface area contributed by atoms with Gasteiger partial charge in [0.15, 0.2) is 0 Å². The molecular formula is C23H23BrN2O. The number of carbonyl (C=O) groups is 1. The third-order valence-electron chi connectivity index (χ3n) is 5.23. The minimum absolute atomic E-state index is 0.133. The molecule has 27 heavy (non-hydrogen) atoms. The van der Waals surface area contributed by atoms with Crippen molar-refractivity contribution < 1.29 is 4.79 Å². The highest BCUT2D eigenvalue weighted by Crippen LogP contribution is 2.28. The zero-order valence-corrected chi connectivity index (χ0v) is 17.1. The van der Waals surface area contributed by atoms with Crippen LogP contribution in [0.5, 0.6) is 0 Å². The number of rotatable bonds is 2. The molecule has 2 aromatic carbocycles. The van der Waals surface area contributed by atoms with Gasteiger partial charge in [-0.3, -0.25) is 4.79 Å². The molecular weight excluding hydrogens is 400 g/mol. The Balaban J connectivity index is 1.84. The van der Waals surface area contributed by atoms with E-state index in [-0.39, 0.29) is 5.91 Å². The van der Waals surface area contributed by atoms with Crippen molar-refractivity contribution in [1.29, 1.82) is 0 Å². The minimum atomic E-state index is 0.133. The molecule has 1 amide bonds. The lowest BCUT2D eigenvalue weighted by molar-refractivity contribution is 0.0763. The lowest BCUT2D eigenvalue weighted by atomic mass is 10.0. The Hall–Kier alpha value is -2.20. The molecule has 4 heteroatoms. The number of halogens is 1. The molecule has 4 rings (SSSR count). The fraction of sp³-hybridized carbons (Fsp3) is 0.304. The molecule has 3 nitrogen and oxygen atoms in total. The predicted octanol–water partition coefficient (Wildman–Crippen LogP) is 5.99. The molecule has 0 spiro atoms. The molecule has 1 aliphatic heterocycles. The Bertz CT molecular complexity index is 974. The fourth-order valence-corrected chi connectivity index (χ4v) is 3.99. The third kappa shape index (κ3) is 3.91. The van der Waals surface area contributed by atoms with E-state index in [1.165, 1.54) is 12.8 Å². The molecule has 1 saturated heterocycles. The number of aromatic nitrogens is 1. The Morgan fingerprint density at radius 3 is 2.37 bits per heavy atom. The van der Waals surface area contributed by atoms with Gasteiger partial charge in [-0.1, -0.05) is 52.5 Å². The first kappa shape index (κ1) is 18.2. The summed E-state index contributed by atoms with van der Waals surface area (Å²) in [5.41, 5.74) is 4.65. The van der Waals surface area contributed by atoms with Crippen LogP contribution in [-0.2, 0) is 0 Å². The molecule has 0 N–H and O–H groups in total.